The van der Waals surface area contributed by atoms with Gasteiger partial charge < -0.3 is 10.1 Å². The molecular weight excluding hydrogens is 416 g/mol. The quantitative estimate of drug-likeness (QED) is 0.546. The predicted molar refractivity (Wildman–Crippen MR) is 98.9 cm³/mol. The van der Waals surface area contributed by atoms with Crippen LogP contribution >= 0.6 is 11.6 Å². The number of hydrogen-bond acceptors (Lipinski definition) is 4. The Balaban J connectivity index is 2.16. The first kappa shape index (κ1) is 22.6. The zero-order valence-corrected chi connectivity index (χ0v) is 16.1. The number of benzene rings is 2. The number of nitrogens with one attached hydrogen (secondary N) is 1. The van der Waals surface area contributed by atoms with Crippen molar-refractivity contribution in [1.29, 1.82) is 0 Å². The van der Waals surface area contributed by atoms with Gasteiger partial charge >= 0.3 is 12.1 Å². The Kier molecular flexibility index (Phi) is 7.21. The number of carbonyl (C=O) groups is 2. The normalized spacial score (nSPS) is 12.6. The molecule has 1 N–H and O–H groups in total. The van der Waals surface area contributed by atoms with Crippen LogP contribution in [0.4, 0.5) is 23.2 Å². The zero-order chi connectivity index (χ0) is 21.8. The molecule has 10 heteroatoms. The standard InChI is InChI=1S/C19H17ClF4N2O3/c1-26(17(18(28)29-2)11-3-5-12(21)6-4-11)10-16(27)25-13-7-8-15(20)14(9-13)19(22,23)24/h3-9,17H,10H2,1-2H3,(H,25,27). The largest absolute Gasteiger partial charge is 0.468 e. The van der Waals surface area contributed by atoms with E-state index in [4.69, 9.17) is 16.3 Å². The van der Waals surface area contributed by atoms with Crippen LogP contribution in [0.25, 0.3) is 0 Å². The lowest BCUT2D eigenvalue weighted by atomic mass is 10.1. The monoisotopic (exact) mass is 432 g/mol. The highest BCUT2D eigenvalue weighted by molar-refractivity contribution is 6.31. The minimum atomic E-state index is -4.67. The Hall–Kier alpha value is -2.65. The highest BCUT2D eigenvalue weighted by Crippen LogP contribution is 2.36. The third-order valence-electron chi connectivity index (χ3n) is 4.00. The van der Waals surface area contributed by atoms with Crippen molar-refractivity contribution < 1.29 is 31.9 Å². The number of likely N-dealkylation sites (N-methyl/N-ethyl adjacent to an activating group) is 1. The summed E-state index contributed by atoms with van der Waals surface area (Å²) in [5.74, 6) is -1.85. The summed E-state index contributed by atoms with van der Waals surface area (Å²) in [4.78, 5) is 25.8. The summed E-state index contributed by atoms with van der Waals surface area (Å²) in [6.07, 6.45) is -4.67. The number of halogens is 5. The number of anilines is 1. The Morgan fingerprint density at radius 1 is 1.17 bits per heavy atom. The van der Waals surface area contributed by atoms with Crippen LogP contribution in [0.2, 0.25) is 5.02 Å². The highest BCUT2D eigenvalue weighted by atomic mass is 35.5. The maximum absolute atomic E-state index is 13.1. The molecule has 0 bridgehead atoms. The second kappa shape index (κ2) is 9.23. The fraction of sp³-hybridized carbons (Fsp3) is 0.263. The van der Waals surface area contributed by atoms with Crippen LogP contribution in [-0.2, 0) is 20.5 Å². The van der Waals surface area contributed by atoms with Crippen molar-refractivity contribution in [3.05, 3.63) is 64.4 Å². The van der Waals surface area contributed by atoms with Gasteiger partial charge in [0.15, 0.2) is 0 Å². The number of alkyl halides is 3. The van der Waals surface area contributed by atoms with Crippen LogP contribution in [-0.4, -0.2) is 37.5 Å². The Bertz CT molecular complexity index is 888. The van der Waals surface area contributed by atoms with Gasteiger partial charge in [0.2, 0.25) is 5.91 Å². The zero-order valence-electron chi connectivity index (χ0n) is 15.4. The van der Waals surface area contributed by atoms with Gasteiger partial charge in [-0.1, -0.05) is 23.7 Å². The van der Waals surface area contributed by atoms with Crippen molar-refractivity contribution in [2.24, 2.45) is 0 Å². The SMILES string of the molecule is COC(=O)C(c1ccc(F)cc1)N(C)CC(=O)Nc1ccc(Cl)c(C(F)(F)F)c1. The maximum Gasteiger partial charge on any atom is 0.417 e. The van der Waals surface area contributed by atoms with E-state index in [2.05, 4.69) is 5.32 Å². The molecule has 0 spiro atoms. The van der Waals surface area contributed by atoms with E-state index in [1.165, 1.54) is 37.3 Å². The van der Waals surface area contributed by atoms with Gasteiger partial charge in [0.25, 0.3) is 0 Å². The van der Waals surface area contributed by atoms with Crippen molar-refractivity contribution in [2.75, 3.05) is 26.0 Å². The minimum absolute atomic E-state index is 0.100. The number of rotatable bonds is 6. The van der Waals surface area contributed by atoms with E-state index in [9.17, 15) is 27.2 Å². The molecular formula is C19H17ClF4N2O3. The van der Waals surface area contributed by atoms with Gasteiger partial charge in [-0.25, -0.2) is 9.18 Å². The lowest BCUT2D eigenvalue weighted by Crippen LogP contribution is -2.37. The molecule has 156 valence electrons. The topological polar surface area (TPSA) is 58.6 Å². The Morgan fingerprint density at radius 3 is 2.34 bits per heavy atom. The first-order valence-corrected chi connectivity index (χ1v) is 8.61. The van der Waals surface area contributed by atoms with Gasteiger partial charge in [0, 0.05) is 5.69 Å². The molecule has 0 aromatic heterocycles. The summed E-state index contributed by atoms with van der Waals surface area (Å²) in [5, 5.41) is 1.84. The molecule has 0 aliphatic carbocycles. The molecule has 2 aromatic carbocycles. The molecule has 1 amide bonds. The summed E-state index contributed by atoms with van der Waals surface area (Å²) < 4.78 is 56.7. The number of hydrogen-bond donors (Lipinski definition) is 1. The predicted octanol–water partition coefficient (Wildman–Crippen LogP) is 4.28. The van der Waals surface area contributed by atoms with Crippen LogP contribution < -0.4 is 5.32 Å². The van der Waals surface area contributed by atoms with Crippen molar-refractivity contribution in [2.45, 2.75) is 12.2 Å². The molecule has 1 unspecified atom stereocenters. The fourth-order valence-electron chi connectivity index (χ4n) is 2.67. The van der Waals surface area contributed by atoms with E-state index in [-0.39, 0.29) is 12.2 Å². The molecule has 0 aliphatic rings. The summed E-state index contributed by atoms with van der Waals surface area (Å²) >= 11 is 5.55. The van der Waals surface area contributed by atoms with Crippen molar-refractivity contribution in [1.82, 2.24) is 4.90 Å². The van der Waals surface area contributed by atoms with E-state index >= 15 is 0 Å². The second-order valence-corrected chi connectivity index (χ2v) is 6.54. The third-order valence-corrected chi connectivity index (χ3v) is 4.33. The number of nitrogens with zero attached hydrogens (tertiary/aromatic N) is 1. The highest BCUT2D eigenvalue weighted by Gasteiger charge is 2.33. The van der Waals surface area contributed by atoms with Gasteiger partial charge in [0.1, 0.15) is 11.9 Å². The first-order valence-electron chi connectivity index (χ1n) is 8.23. The Morgan fingerprint density at radius 2 is 1.79 bits per heavy atom. The molecule has 0 heterocycles. The molecule has 5 nitrogen and oxygen atoms in total. The third kappa shape index (κ3) is 5.91. The summed E-state index contributed by atoms with van der Waals surface area (Å²) in [5.41, 5.74) is -0.792. The minimum Gasteiger partial charge on any atom is -0.468 e. The fourth-order valence-corrected chi connectivity index (χ4v) is 2.89. The smallest absolute Gasteiger partial charge is 0.417 e. The van der Waals surface area contributed by atoms with Gasteiger partial charge in [-0.05, 0) is 42.9 Å². The molecule has 0 radical (unpaired) electrons. The van der Waals surface area contributed by atoms with Crippen LogP contribution in [0, 0.1) is 5.82 Å². The van der Waals surface area contributed by atoms with Crippen molar-refractivity contribution >= 4 is 29.2 Å². The first-order chi connectivity index (χ1) is 13.5. The molecule has 0 saturated carbocycles. The average Bonchev–Trinajstić information content (AvgIpc) is 2.63. The second-order valence-electron chi connectivity index (χ2n) is 6.13. The molecule has 2 aromatic rings. The van der Waals surface area contributed by atoms with Crippen LogP contribution in [0.15, 0.2) is 42.5 Å². The number of methoxy groups -OCH3 is 1. The van der Waals surface area contributed by atoms with E-state index in [1.807, 2.05) is 0 Å². The van der Waals surface area contributed by atoms with Gasteiger partial charge in [-0.3, -0.25) is 9.69 Å². The van der Waals surface area contributed by atoms with Gasteiger partial charge in [-0.15, -0.1) is 0 Å². The van der Waals surface area contributed by atoms with Gasteiger partial charge in [0.05, 0.1) is 24.2 Å². The van der Waals surface area contributed by atoms with E-state index in [0.717, 1.165) is 24.3 Å². The van der Waals surface area contributed by atoms with Crippen LogP contribution in [0.1, 0.15) is 17.2 Å². The number of carbonyl (C=O) groups excluding carboxylic acids is 2. The van der Waals surface area contributed by atoms with E-state index in [0.29, 0.717) is 5.56 Å². The van der Waals surface area contributed by atoms with Crippen molar-refractivity contribution in [3.63, 3.8) is 0 Å². The molecule has 29 heavy (non-hydrogen) atoms. The van der Waals surface area contributed by atoms with Crippen LogP contribution in [0.5, 0.6) is 0 Å². The summed E-state index contributed by atoms with van der Waals surface area (Å²) in [6, 6.07) is 7.03. The number of amides is 1. The molecule has 0 fully saturated rings. The van der Waals surface area contributed by atoms with Gasteiger partial charge in [-0.2, -0.15) is 13.2 Å². The molecule has 2 rings (SSSR count). The lowest BCUT2D eigenvalue weighted by molar-refractivity contribution is -0.147. The van der Waals surface area contributed by atoms with E-state index < -0.39 is 40.5 Å². The van der Waals surface area contributed by atoms with Crippen molar-refractivity contribution in [3.8, 4) is 0 Å². The maximum atomic E-state index is 13.1. The van der Waals surface area contributed by atoms with Crippen LogP contribution in [0.3, 0.4) is 0 Å². The number of ether oxygens (including phenoxy) is 1. The van der Waals surface area contributed by atoms with E-state index in [1.54, 1.807) is 0 Å². The summed E-state index contributed by atoms with van der Waals surface area (Å²) in [7, 11) is 2.62. The Labute approximate surface area is 169 Å². The number of esters is 1. The lowest BCUT2D eigenvalue weighted by Gasteiger charge is -2.25. The average molecular weight is 433 g/mol. The molecule has 1 atom stereocenters. The summed E-state index contributed by atoms with van der Waals surface area (Å²) in [6.45, 7) is -0.346. The molecule has 0 aliphatic heterocycles. The molecule has 0 saturated heterocycles.